The number of carbonyl (C=O) groups is 1. The topological polar surface area (TPSA) is 72.7 Å². The summed E-state index contributed by atoms with van der Waals surface area (Å²) >= 11 is 3.10. The largest absolute Gasteiger partial charge is 0.322 e. The van der Waals surface area contributed by atoms with E-state index in [1.54, 1.807) is 16.0 Å². The van der Waals surface area contributed by atoms with E-state index in [-0.39, 0.29) is 5.91 Å². The number of tetrazole rings is 1. The van der Waals surface area contributed by atoms with Gasteiger partial charge in [0.2, 0.25) is 11.1 Å². The number of nitrogens with one attached hydrogen (secondary N) is 1. The van der Waals surface area contributed by atoms with Crippen LogP contribution in [-0.4, -0.2) is 32.4 Å². The Labute approximate surface area is 147 Å². The molecule has 0 aliphatic rings. The van der Waals surface area contributed by atoms with Crippen molar-refractivity contribution in [3.8, 4) is 5.69 Å². The van der Waals surface area contributed by atoms with Gasteiger partial charge < -0.3 is 5.32 Å². The van der Waals surface area contributed by atoms with Crippen LogP contribution in [0.25, 0.3) is 11.8 Å². The number of carbonyl (C=O) groups excluding carboxylic acids is 1. The highest BCUT2D eigenvalue weighted by Crippen LogP contribution is 2.19. The Bertz CT molecular complexity index is 884. The molecule has 1 aromatic carbocycles. The molecule has 8 heteroatoms. The van der Waals surface area contributed by atoms with Crippen LogP contribution < -0.4 is 5.32 Å². The second kappa shape index (κ2) is 7.41. The molecule has 24 heavy (non-hydrogen) atoms. The molecule has 0 atom stereocenters. The summed E-state index contributed by atoms with van der Waals surface area (Å²) in [4.78, 5) is 14.3. The number of benzene rings is 1. The molecule has 0 aliphatic carbocycles. The molecule has 3 rings (SSSR count). The van der Waals surface area contributed by atoms with Crippen LogP contribution in [0.3, 0.4) is 0 Å². The van der Waals surface area contributed by atoms with Crippen molar-refractivity contribution in [1.29, 1.82) is 0 Å². The predicted octanol–water partition coefficient (Wildman–Crippen LogP) is 3.41. The molecule has 0 fully saturated rings. The molecule has 2 aromatic heterocycles. The fourth-order valence-corrected chi connectivity index (χ4v) is 3.28. The van der Waals surface area contributed by atoms with Gasteiger partial charge >= 0.3 is 0 Å². The molecule has 0 spiro atoms. The minimum Gasteiger partial charge on any atom is -0.322 e. The minimum absolute atomic E-state index is 0.181. The van der Waals surface area contributed by atoms with Crippen molar-refractivity contribution in [2.75, 3.05) is 11.6 Å². The second-order valence-electron chi connectivity index (χ2n) is 4.90. The van der Waals surface area contributed by atoms with E-state index in [0.29, 0.717) is 10.8 Å². The molecule has 0 bridgehead atoms. The maximum absolute atomic E-state index is 12.1. The number of aryl methyl sites for hydroxylation is 1. The Morgan fingerprint density at radius 2 is 2.21 bits per heavy atom. The maximum Gasteiger partial charge on any atom is 0.248 e. The number of thiophene rings is 1. The predicted molar refractivity (Wildman–Crippen MR) is 97.7 cm³/mol. The molecule has 0 saturated carbocycles. The number of hydrogen-bond donors (Lipinski definition) is 1. The van der Waals surface area contributed by atoms with Gasteiger partial charge in [0.1, 0.15) is 0 Å². The molecular weight excluding hydrogens is 342 g/mol. The van der Waals surface area contributed by atoms with Crippen molar-refractivity contribution < 1.29 is 4.79 Å². The highest BCUT2D eigenvalue weighted by molar-refractivity contribution is 7.98. The van der Waals surface area contributed by atoms with Gasteiger partial charge in [0, 0.05) is 21.5 Å². The Hall–Kier alpha value is -2.45. The second-order valence-corrected chi connectivity index (χ2v) is 6.99. The van der Waals surface area contributed by atoms with Crippen LogP contribution in [0.15, 0.2) is 47.6 Å². The fraction of sp³-hybridized carbons (Fsp3) is 0.125. The lowest BCUT2D eigenvalue weighted by atomic mass is 10.2. The first-order valence-electron chi connectivity index (χ1n) is 7.14. The number of anilines is 1. The number of aromatic nitrogens is 4. The zero-order chi connectivity index (χ0) is 16.9. The first kappa shape index (κ1) is 16.4. The summed E-state index contributed by atoms with van der Waals surface area (Å²) in [6.45, 7) is 2.04. The van der Waals surface area contributed by atoms with Crippen molar-refractivity contribution in [3.05, 3.63) is 52.2 Å². The summed E-state index contributed by atoms with van der Waals surface area (Å²) in [6.07, 6.45) is 5.25. The van der Waals surface area contributed by atoms with Gasteiger partial charge in [0.15, 0.2) is 0 Å². The number of hydrogen-bond acceptors (Lipinski definition) is 6. The average Bonchev–Trinajstić information content (AvgIpc) is 3.21. The van der Waals surface area contributed by atoms with Gasteiger partial charge in [-0.3, -0.25) is 4.79 Å². The third-order valence-electron chi connectivity index (χ3n) is 3.14. The third kappa shape index (κ3) is 3.90. The van der Waals surface area contributed by atoms with Crippen LogP contribution in [0.2, 0.25) is 0 Å². The number of nitrogens with zero attached hydrogens (tertiary/aromatic N) is 4. The highest BCUT2D eigenvalue weighted by atomic mass is 32.2. The van der Waals surface area contributed by atoms with Crippen LogP contribution in [0.1, 0.15) is 9.75 Å². The van der Waals surface area contributed by atoms with Crippen molar-refractivity contribution in [3.63, 3.8) is 0 Å². The lowest BCUT2D eigenvalue weighted by Gasteiger charge is -2.06. The Kier molecular flexibility index (Phi) is 5.07. The van der Waals surface area contributed by atoms with Crippen molar-refractivity contribution >= 4 is 40.8 Å². The smallest absolute Gasteiger partial charge is 0.248 e. The van der Waals surface area contributed by atoms with Crippen molar-refractivity contribution in [1.82, 2.24) is 20.2 Å². The number of rotatable bonds is 5. The van der Waals surface area contributed by atoms with E-state index < -0.39 is 0 Å². The van der Waals surface area contributed by atoms with Crippen LogP contribution in [0, 0.1) is 6.92 Å². The Morgan fingerprint density at radius 3 is 2.96 bits per heavy atom. The fourth-order valence-electron chi connectivity index (χ4n) is 2.07. The van der Waals surface area contributed by atoms with E-state index in [4.69, 9.17) is 0 Å². The van der Waals surface area contributed by atoms with E-state index in [1.807, 2.05) is 55.7 Å². The van der Waals surface area contributed by atoms with E-state index in [2.05, 4.69) is 20.8 Å². The van der Waals surface area contributed by atoms with Crippen LogP contribution >= 0.6 is 23.1 Å². The van der Waals surface area contributed by atoms with E-state index >= 15 is 0 Å². The van der Waals surface area contributed by atoms with Gasteiger partial charge in [-0.2, -0.15) is 4.68 Å². The third-order valence-corrected chi connectivity index (χ3v) is 4.73. The summed E-state index contributed by atoms with van der Waals surface area (Å²) in [5.41, 5.74) is 1.48. The van der Waals surface area contributed by atoms with Gasteiger partial charge in [-0.1, -0.05) is 17.8 Å². The molecule has 6 nitrogen and oxygen atoms in total. The molecule has 2 heterocycles. The molecule has 1 amide bonds. The zero-order valence-corrected chi connectivity index (χ0v) is 14.8. The Balaban J connectivity index is 1.72. The van der Waals surface area contributed by atoms with E-state index in [0.717, 1.165) is 10.6 Å². The van der Waals surface area contributed by atoms with Gasteiger partial charge in [0.05, 0.1) is 5.69 Å². The summed E-state index contributed by atoms with van der Waals surface area (Å²) in [5.74, 6) is -0.181. The normalized spacial score (nSPS) is 11.1. The van der Waals surface area contributed by atoms with Crippen LogP contribution in [0.4, 0.5) is 5.69 Å². The molecule has 0 unspecified atom stereocenters. The van der Waals surface area contributed by atoms with Gasteiger partial charge in [-0.15, -0.1) is 16.4 Å². The quantitative estimate of drug-likeness (QED) is 0.560. The summed E-state index contributed by atoms with van der Waals surface area (Å²) in [7, 11) is 0. The lowest BCUT2D eigenvalue weighted by Crippen LogP contribution is -2.08. The Morgan fingerprint density at radius 1 is 1.33 bits per heavy atom. The van der Waals surface area contributed by atoms with Crippen LogP contribution in [0.5, 0.6) is 0 Å². The number of thioether (sulfide) groups is 1. The molecular formula is C16H15N5OS2. The van der Waals surface area contributed by atoms with Crippen molar-refractivity contribution in [2.45, 2.75) is 12.1 Å². The molecule has 3 aromatic rings. The average molecular weight is 357 g/mol. The number of amides is 1. The maximum atomic E-state index is 12.1. The van der Waals surface area contributed by atoms with E-state index in [9.17, 15) is 4.79 Å². The zero-order valence-electron chi connectivity index (χ0n) is 13.1. The van der Waals surface area contributed by atoms with Gasteiger partial charge in [0.25, 0.3) is 0 Å². The molecule has 122 valence electrons. The standard InChI is InChI=1S/C16H15N5OS2/c1-11-6-7-14(24-11)8-9-15(22)17-12-4-3-5-13(10-12)21-16(23-2)18-19-20-21/h3-10H,1-2H3,(H,17,22)/b9-8+. The summed E-state index contributed by atoms with van der Waals surface area (Å²) in [6, 6.07) is 11.4. The minimum atomic E-state index is -0.181. The molecule has 0 radical (unpaired) electrons. The first-order valence-corrected chi connectivity index (χ1v) is 9.18. The van der Waals surface area contributed by atoms with Crippen molar-refractivity contribution in [2.24, 2.45) is 0 Å². The van der Waals surface area contributed by atoms with Gasteiger partial charge in [-0.05, 0) is 60.0 Å². The lowest BCUT2D eigenvalue weighted by molar-refractivity contribution is -0.111. The van der Waals surface area contributed by atoms with E-state index in [1.165, 1.54) is 22.7 Å². The molecule has 0 aliphatic heterocycles. The highest BCUT2D eigenvalue weighted by Gasteiger charge is 2.08. The molecule has 1 N–H and O–H groups in total. The monoisotopic (exact) mass is 357 g/mol. The summed E-state index contributed by atoms with van der Waals surface area (Å²) in [5, 5.41) is 15.1. The van der Waals surface area contributed by atoms with Gasteiger partial charge in [-0.25, -0.2) is 0 Å². The molecule has 0 saturated heterocycles. The summed E-state index contributed by atoms with van der Waals surface area (Å²) < 4.78 is 1.63. The first-order chi connectivity index (χ1) is 11.7. The van der Waals surface area contributed by atoms with Crippen LogP contribution in [-0.2, 0) is 4.79 Å². The SMILES string of the molecule is CSc1nnnn1-c1cccc(NC(=O)/C=C/c2ccc(C)s2)c1.